The lowest BCUT2D eigenvalue weighted by molar-refractivity contribution is 0.443. The van der Waals surface area contributed by atoms with Crippen LogP contribution >= 0.6 is 0 Å². The predicted octanol–water partition coefficient (Wildman–Crippen LogP) is 1.93. The van der Waals surface area contributed by atoms with Crippen molar-refractivity contribution in [1.82, 2.24) is 0 Å². The predicted molar refractivity (Wildman–Crippen MR) is 49.5 cm³/mol. The molecule has 0 fully saturated rings. The SMILES string of the molecule is C/C=C/OS(=O)(=O)c1ccccc1. The van der Waals surface area contributed by atoms with Crippen LogP contribution in [0.4, 0.5) is 0 Å². The van der Waals surface area contributed by atoms with Crippen molar-refractivity contribution < 1.29 is 12.6 Å². The Kier molecular flexibility index (Phi) is 3.08. The topological polar surface area (TPSA) is 43.4 Å². The molecule has 1 rings (SSSR count). The van der Waals surface area contributed by atoms with Gasteiger partial charge in [0.25, 0.3) is 0 Å². The maximum absolute atomic E-state index is 11.3. The Labute approximate surface area is 77.8 Å². The summed E-state index contributed by atoms with van der Waals surface area (Å²) in [5.74, 6) is 0. The van der Waals surface area contributed by atoms with Gasteiger partial charge in [-0.2, -0.15) is 8.42 Å². The van der Waals surface area contributed by atoms with Crippen molar-refractivity contribution in [2.24, 2.45) is 0 Å². The summed E-state index contributed by atoms with van der Waals surface area (Å²) in [5.41, 5.74) is 0. The molecule has 0 heterocycles. The van der Waals surface area contributed by atoms with Gasteiger partial charge in [0, 0.05) is 0 Å². The van der Waals surface area contributed by atoms with Gasteiger partial charge >= 0.3 is 10.1 Å². The average Bonchev–Trinajstić information content (AvgIpc) is 2.16. The Hall–Kier alpha value is -1.29. The van der Waals surface area contributed by atoms with Crippen LogP contribution in [0, 0.1) is 0 Å². The largest absolute Gasteiger partial charge is 0.387 e. The van der Waals surface area contributed by atoms with Crippen LogP contribution in [0.3, 0.4) is 0 Å². The van der Waals surface area contributed by atoms with E-state index in [1.165, 1.54) is 18.2 Å². The minimum absolute atomic E-state index is 0.160. The van der Waals surface area contributed by atoms with E-state index in [4.69, 9.17) is 0 Å². The van der Waals surface area contributed by atoms with Crippen molar-refractivity contribution in [3.05, 3.63) is 42.7 Å². The third-order valence-corrected chi connectivity index (χ3v) is 2.56. The average molecular weight is 198 g/mol. The highest BCUT2D eigenvalue weighted by atomic mass is 32.2. The highest BCUT2D eigenvalue weighted by Gasteiger charge is 2.12. The fourth-order valence-corrected chi connectivity index (χ4v) is 1.63. The molecule has 70 valence electrons. The van der Waals surface area contributed by atoms with Crippen molar-refractivity contribution in [2.75, 3.05) is 0 Å². The number of allylic oxidation sites excluding steroid dienone is 1. The molecule has 3 nitrogen and oxygen atoms in total. The van der Waals surface area contributed by atoms with E-state index in [1.807, 2.05) is 0 Å². The summed E-state index contributed by atoms with van der Waals surface area (Å²) in [4.78, 5) is 0.160. The zero-order valence-corrected chi connectivity index (χ0v) is 7.99. The Balaban J connectivity index is 2.95. The molecule has 0 saturated carbocycles. The Morgan fingerprint density at radius 1 is 1.23 bits per heavy atom. The zero-order valence-electron chi connectivity index (χ0n) is 7.17. The van der Waals surface area contributed by atoms with Crippen molar-refractivity contribution in [2.45, 2.75) is 11.8 Å². The Bertz CT molecular complexity index is 379. The van der Waals surface area contributed by atoms with Crippen molar-refractivity contribution in [1.29, 1.82) is 0 Å². The summed E-state index contributed by atoms with van der Waals surface area (Å²) < 4.78 is 27.2. The Morgan fingerprint density at radius 3 is 2.38 bits per heavy atom. The van der Waals surface area contributed by atoms with Crippen molar-refractivity contribution >= 4 is 10.1 Å². The van der Waals surface area contributed by atoms with E-state index in [2.05, 4.69) is 4.18 Å². The fourth-order valence-electron chi connectivity index (χ4n) is 0.771. The van der Waals surface area contributed by atoms with Crippen molar-refractivity contribution in [3.8, 4) is 0 Å². The second kappa shape index (κ2) is 4.09. The summed E-state index contributed by atoms with van der Waals surface area (Å²) in [6.45, 7) is 1.68. The smallest absolute Gasteiger partial charge is 0.338 e. The number of hydrogen-bond donors (Lipinski definition) is 0. The first-order valence-corrected chi connectivity index (χ1v) is 5.17. The molecule has 4 heteroatoms. The van der Waals surface area contributed by atoms with E-state index in [-0.39, 0.29) is 4.90 Å². The quantitative estimate of drug-likeness (QED) is 0.550. The van der Waals surface area contributed by atoms with Gasteiger partial charge < -0.3 is 4.18 Å². The van der Waals surface area contributed by atoms with Crippen LogP contribution in [0.5, 0.6) is 0 Å². The lowest BCUT2D eigenvalue weighted by Gasteiger charge is -2.00. The molecule has 0 aliphatic carbocycles. The maximum Gasteiger partial charge on any atom is 0.338 e. The molecule has 0 bridgehead atoms. The van der Waals surface area contributed by atoms with Crippen LogP contribution in [0.25, 0.3) is 0 Å². The molecular formula is C9H10O3S. The van der Waals surface area contributed by atoms with E-state index in [0.717, 1.165) is 6.26 Å². The van der Waals surface area contributed by atoms with E-state index < -0.39 is 10.1 Å². The molecule has 0 amide bonds. The van der Waals surface area contributed by atoms with Gasteiger partial charge in [0.05, 0.1) is 0 Å². The number of benzene rings is 1. The molecule has 13 heavy (non-hydrogen) atoms. The normalized spacial score (nSPS) is 11.8. The first-order chi connectivity index (χ1) is 6.17. The maximum atomic E-state index is 11.3. The highest BCUT2D eigenvalue weighted by Crippen LogP contribution is 2.10. The molecule has 0 radical (unpaired) electrons. The van der Waals surface area contributed by atoms with Gasteiger partial charge in [0.2, 0.25) is 0 Å². The summed E-state index contributed by atoms with van der Waals surface area (Å²) in [5, 5.41) is 0. The van der Waals surface area contributed by atoms with Crippen LogP contribution in [-0.2, 0) is 14.3 Å². The van der Waals surface area contributed by atoms with Crippen molar-refractivity contribution in [3.63, 3.8) is 0 Å². The third kappa shape index (κ3) is 2.59. The van der Waals surface area contributed by atoms with Crippen LogP contribution in [0.1, 0.15) is 6.92 Å². The molecule has 0 atom stereocenters. The fraction of sp³-hybridized carbons (Fsp3) is 0.111. The van der Waals surface area contributed by atoms with E-state index >= 15 is 0 Å². The van der Waals surface area contributed by atoms with E-state index in [0.29, 0.717) is 0 Å². The van der Waals surface area contributed by atoms with Gasteiger partial charge in [0.15, 0.2) is 0 Å². The van der Waals surface area contributed by atoms with Gasteiger partial charge in [-0.3, -0.25) is 0 Å². The van der Waals surface area contributed by atoms with Gasteiger partial charge in [-0.25, -0.2) is 0 Å². The molecule has 0 spiro atoms. The highest BCUT2D eigenvalue weighted by molar-refractivity contribution is 7.86. The van der Waals surface area contributed by atoms with Crippen LogP contribution in [-0.4, -0.2) is 8.42 Å². The standard InChI is InChI=1S/C9H10O3S/c1-2-8-12-13(10,11)9-6-4-3-5-7-9/h2-8H,1H3/b8-2+. The molecule has 0 saturated heterocycles. The van der Waals surface area contributed by atoms with Crippen LogP contribution in [0.15, 0.2) is 47.6 Å². The second-order valence-electron chi connectivity index (χ2n) is 2.33. The monoisotopic (exact) mass is 198 g/mol. The minimum atomic E-state index is -3.61. The van der Waals surface area contributed by atoms with Gasteiger partial charge in [-0.1, -0.05) is 24.3 Å². The second-order valence-corrected chi connectivity index (χ2v) is 3.90. The third-order valence-electron chi connectivity index (χ3n) is 1.35. The first kappa shape index (κ1) is 9.80. The molecule has 1 aromatic rings. The summed E-state index contributed by atoms with van der Waals surface area (Å²) in [6, 6.07) is 8.00. The molecule has 0 aliphatic heterocycles. The molecular weight excluding hydrogens is 188 g/mol. The molecule has 0 N–H and O–H groups in total. The molecule has 1 aromatic carbocycles. The molecule has 0 aromatic heterocycles. The van der Waals surface area contributed by atoms with Crippen LogP contribution in [0.2, 0.25) is 0 Å². The van der Waals surface area contributed by atoms with Gasteiger partial charge in [-0.15, -0.1) is 0 Å². The number of hydrogen-bond acceptors (Lipinski definition) is 3. The Morgan fingerprint density at radius 2 is 1.85 bits per heavy atom. The van der Waals surface area contributed by atoms with Gasteiger partial charge in [-0.05, 0) is 19.1 Å². The molecule has 0 aliphatic rings. The lowest BCUT2D eigenvalue weighted by Crippen LogP contribution is -2.01. The lowest BCUT2D eigenvalue weighted by atomic mass is 10.4. The summed E-state index contributed by atoms with van der Waals surface area (Å²) in [6.07, 6.45) is 2.66. The number of rotatable bonds is 3. The van der Waals surface area contributed by atoms with E-state index in [1.54, 1.807) is 25.1 Å². The minimum Gasteiger partial charge on any atom is -0.387 e. The summed E-state index contributed by atoms with van der Waals surface area (Å²) in [7, 11) is -3.61. The van der Waals surface area contributed by atoms with E-state index in [9.17, 15) is 8.42 Å². The zero-order chi connectivity index (χ0) is 9.73. The molecule has 0 unspecified atom stereocenters. The first-order valence-electron chi connectivity index (χ1n) is 3.76. The van der Waals surface area contributed by atoms with Gasteiger partial charge in [0.1, 0.15) is 11.2 Å². The van der Waals surface area contributed by atoms with Crippen LogP contribution < -0.4 is 0 Å². The summed E-state index contributed by atoms with van der Waals surface area (Å²) >= 11 is 0.